The van der Waals surface area contributed by atoms with Gasteiger partial charge < -0.3 is 15.0 Å². The molecule has 0 radical (unpaired) electrons. The lowest BCUT2D eigenvalue weighted by Gasteiger charge is -2.29. The van der Waals surface area contributed by atoms with Gasteiger partial charge in [-0.3, -0.25) is 9.59 Å². The molecule has 1 aliphatic carbocycles. The molecule has 1 amide bonds. The summed E-state index contributed by atoms with van der Waals surface area (Å²) < 4.78 is 5.09. The van der Waals surface area contributed by atoms with Crippen LogP contribution in [-0.4, -0.2) is 49.1 Å². The van der Waals surface area contributed by atoms with E-state index < -0.39 is 0 Å². The average molecular weight is 282 g/mol. The molecular formula is C15H26N2O3. The van der Waals surface area contributed by atoms with Gasteiger partial charge in [0.2, 0.25) is 5.91 Å². The highest BCUT2D eigenvalue weighted by Gasteiger charge is 2.28. The highest BCUT2D eigenvalue weighted by Crippen LogP contribution is 2.25. The third-order valence-electron chi connectivity index (χ3n) is 4.29. The molecule has 1 saturated carbocycles. The van der Waals surface area contributed by atoms with Crippen LogP contribution >= 0.6 is 0 Å². The van der Waals surface area contributed by atoms with Crippen LogP contribution in [0.2, 0.25) is 0 Å². The molecule has 1 heterocycles. The molecule has 20 heavy (non-hydrogen) atoms. The van der Waals surface area contributed by atoms with Crippen LogP contribution in [0.1, 0.15) is 45.4 Å². The summed E-state index contributed by atoms with van der Waals surface area (Å²) in [6.45, 7) is 4.49. The fraction of sp³-hybridized carbons (Fsp3) is 0.867. The van der Waals surface area contributed by atoms with E-state index in [0.717, 1.165) is 51.6 Å². The van der Waals surface area contributed by atoms with Crippen LogP contribution in [-0.2, 0) is 14.3 Å². The smallest absolute Gasteiger partial charge is 0.308 e. The summed E-state index contributed by atoms with van der Waals surface area (Å²) in [6, 6.07) is 0.268. The molecule has 114 valence electrons. The zero-order valence-electron chi connectivity index (χ0n) is 12.4. The van der Waals surface area contributed by atoms with Crippen molar-refractivity contribution < 1.29 is 14.3 Å². The van der Waals surface area contributed by atoms with E-state index in [-0.39, 0.29) is 23.8 Å². The van der Waals surface area contributed by atoms with Gasteiger partial charge in [-0.2, -0.15) is 0 Å². The van der Waals surface area contributed by atoms with E-state index in [0.29, 0.717) is 13.2 Å². The predicted octanol–water partition coefficient (Wildman–Crippen LogP) is 1.32. The Morgan fingerprint density at radius 3 is 2.65 bits per heavy atom. The second-order valence-electron chi connectivity index (χ2n) is 5.78. The maximum absolute atomic E-state index is 12.0. The standard InChI is InChI=1S/C15H26N2O3/c1-2-20-15(19)12-6-5-7-13(10-12)16-11-14(18)17-8-3-4-9-17/h12-13,16H,2-11H2,1H3. The van der Waals surface area contributed by atoms with Crippen LogP contribution < -0.4 is 5.32 Å². The number of carbonyl (C=O) groups excluding carboxylic acids is 2. The molecule has 5 nitrogen and oxygen atoms in total. The van der Waals surface area contributed by atoms with E-state index in [4.69, 9.17) is 4.74 Å². The number of rotatable bonds is 5. The molecule has 5 heteroatoms. The van der Waals surface area contributed by atoms with Crippen molar-refractivity contribution >= 4 is 11.9 Å². The van der Waals surface area contributed by atoms with E-state index in [1.165, 1.54) is 0 Å². The molecule has 2 fully saturated rings. The van der Waals surface area contributed by atoms with Gasteiger partial charge in [-0.05, 0) is 39.0 Å². The average Bonchev–Trinajstić information content (AvgIpc) is 2.99. The Hall–Kier alpha value is -1.10. The van der Waals surface area contributed by atoms with Crippen LogP contribution in [0.4, 0.5) is 0 Å². The van der Waals surface area contributed by atoms with Gasteiger partial charge in [0.05, 0.1) is 19.1 Å². The number of esters is 1. The molecule has 0 aromatic rings. The fourth-order valence-corrected chi connectivity index (χ4v) is 3.16. The second kappa shape index (κ2) is 7.62. The summed E-state index contributed by atoms with van der Waals surface area (Å²) >= 11 is 0. The number of hydrogen-bond donors (Lipinski definition) is 1. The van der Waals surface area contributed by atoms with Gasteiger partial charge in [0, 0.05) is 19.1 Å². The third-order valence-corrected chi connectivity index (χ3v) is 4.29. The third kappa shape index (κ3) is 4.20. The maximum atomic E-state index is 12.0. The number of amides is 1. The van der Waals surface area contributed by atoms with Crippen molar-refractivity contribution in [3.05, 3.63) is 0 Å². The molecule has 0 aromatic heterocycles. The number of carbonyl (C=O) groups is 2. The number of likely N-dealkylation sites (tertiary alicyclic amines) is 1. The van der Waals surface area contributed by atoms with Crippen LogP contribution in [0, 0.1) is 5.92 Å². The van der Waals surface area contributed by atoms with Crippen molar-refractivity contribution in [2.45, 2.75) is 51.5 Å². The van der Waals surface area contributed by atoms with E-state index >= 15 is 0 Å². The Morgan fingerprint density at radius 2 is 1.95 bits per heavy atom. The molecule has 2 rings (SSSR count). The predicted molar refractivity (Wildman–Crippen MR) is 76.2 cm³/mol. The van der Waals surface area contributed by atoms with Crippen LogP contribution in [0.3, 0.4) is 0 Å². The minimum Gasteiger partial charge on any atom is -0.466 e. The van der Waals surface area contributed by atoms with E-state index in [1.807, 2.05) is 11.8 Å². The first-order valence-electron chi connectivity index (χ1n) is 7.88. The normalized spacial score (nSPS) is 26.6. The quantitative estimate of drug-likeness (QED) is 0.773. The van der Waals surface area contributed by atoms with Crippen LogP contribution in [0.5, 0.6) is 0 Å². The van der Waals surface area contributed by atoms with Crippen molar-refractivity contribution in [3.63, 3.8) is 0 Å². The van der Waals surface area contributed by atoms with E-state index in [1.54, 1.807) is 0 Å². The topological polar surface area (TPSA) is 58.6 Å². The fourth-order valence-electron chi connectivity index (χ4n) is 3.16. The molecule has 1 N–H and O–H groups in total. The van der Waals surface area contributed by atoms with Gasteiger partial charge in [-0.1, -0.05) is 6.42 Å². The maximum Gasteiger partial charge on any atom is 0.308 e. The second-order valence-corrected chi connectivity index (χ2v) is 5.78. The molecule has 2 unspecified atom stereocenters. The Labute approximate surface area is 121 Å². The monoisotopic (exact) mass is 282 g/mol. The first kappa shape index (κ1) is 15.3. The molecule has 2 atom stereocenters. The van der Waals surface area contributed by atoms with E-state index in [2.05, 4.69) is 5.32 Å². The number of nitrogens with one attached hydrogen (secondary N) is 1. The zero-order valence-corrected chi connectivity index (χ0v) is 12.4. The molecule has 1 aliphatic heterocycles. The van der Waals surface area contributed by atoms with Crippen LogP contribution in [0.15, 0.2) is 0 Å². The largest absolute Gasteiger partial charge is 0.466 e. The SMILES string of the molecule is CCOC(=O)C1CCCC(NCC(=O)N2CCCC2)C1. The molecular weight excluding hydrogens is 256 g/mol. The summed E-state index contributed by atoms with van der Waals surface area (Å²) in [5, 5.41) is 3.33. The lowest BCUT2D eigenvalue weighted by atomic mass is 9.85. The summed E-state index contributed by atoms with van der Waals surface area (Å²) in [5.74, 6) is 0.119. The Morgan fingerprint density at radius 1 is 1.20 bits per heavy atom. The lowest BCUT2D eigenvalue weighted by molar-refractivity contribution is -0.149. The first-order chi connectivity index (χ1) is 9.70. The van der Waals surface area contributed by atoms with E-state index in [9.17, 15) is 9.59 Å². The minimum absolute atomic E-state index is 0.00286. The van der Waals surface area contributed by atoms with Gasteiger partial charge in [0.1, 0.15) is 0 Å². The van der Waals surface area contributed by atoms with Gasteiger partial charge >= 0.3 is 5.97 Å². The number of nitrogens with zero attached hydrogens (tertiary/aromatic N) is 1. The van der Waals surface area contributed by atoms with Gasteiger partial charge in [0.25, 0.3) is 0 Å². The first-order valence-corrected chi connectivity index (χ1v) is 7.88. The summed E-state index contributed by atoms with van der Waals surface area (Å²) in [5.41, 5.74) is 0. The number of hydrogen-bond acceptors (Lipinski definition) is 4. The van der Waals surface area contributed by atoms with Gasteiger partial charge in [-0.25, -0.2) is 0 Å². The highest BCUT2D eigenvalue weighted by atomic mass is 16.5. The molecule has 1 saturated heterocycles. The Balaban J connectivity index is 1.72. The lowest BCUT2D eigenvalue weighted by Crippen LogP contribution is -2.43. The Bertz CT molecular complexity index is 340. The van der Waals surface area contributed by atoms with Crippen molar-refractivity contribution in [3.8, 4) is 0 Å². The summed E-state index contributed by atoms with van der Waals surface area (Å²) in [7, 11) is 0. The van der Waals surface area contributed by atoms with Crippen molar-refractivity contribution in [2.24, 2.45) is 5.92 Å². The van der Waals surface area contributed by atoms with Gasteiger partial charge in [0.15, 0.2) is 0 Å². The summed E-state index contributed by atoms with van der Waals surface area (Å²) in [4.78, 5) is 25.7. The molecule has 2 aliphatic rings. The highest BCUT2D eigenvalue weighted by molar-refractivity contribution is 5.78. The molecule has 0 bridgehead atoms. The summed E-state index contributed by atoms with van der Waals surface area (Å²) in [6.07, 6.45) is 6.03. The van der Waals surface area contributed by atoms with Crippen molar-refractivity contribution in [1.82, 2.24) is 10.2 Å². The van der Waals surface area contributed by atoms with Crippen molar-refractivity contribution in [1.29, 1.82) is 0 Å². The van der Waals surface area contributed by atoms with Gasteiger partial charge in [-0.15, -0.1) is 0 Å². The minimum atomic E-state index is -0.0788. The van der Waals surface area contributed by atoms with Crippen LogP contribution in [0.25, 0.3) is 0 Å². The Kier molecular flexibility index (Phi) is 5.83. The molecule has 0 aromatic carbocycles. The molecule has 0 spiro atoms. The zero-order chi connectivity index (χ0) is 14.4. The number of ether oxygens (including phenoxy) is 1. The van der Waals surface area contributed by atoms with Crippen molar-refractivity contribution in [2.75, 3.05) is 26.2 Å².